The Bertz CT molecular complexity index is 456. The molecule has 116 valence electrons. The maximum atomic E-state index is 12.2. The maximum Gasteiger partial charge on any atom is 0.251 e. The van der Waals surface area contributed by atoms with E-state index in [1.54, 1.807) is 0 Å². The molecule has 1 saturated heterocycles. The lowest BCUT2D eigenvalue weighted by atomic mass is 9.88. The molecule has 1 aromatic rings. The summed E-state index contributed by atoms with van der Waals surface area (Å²) in [6.45, 7) is 4.01. The lowest BCUT2D eigenvalue weighted by Crippen LogP contribution is -2.48. The molecule has 1 fully saturated rings. The number of nitrogens with zero attached hydrogens (tertiary/aromatic N) is 1. The highest BCUT2D eigenvalue weighted by atomic mass is 16.1. The van der Waals surface area contributed by atoms with Crippen molar-refractivity contribution in [1.82, 2.24) is 10.6 Å². The first kappa shape index (κ1) is 15.8. The van der Waals surface area contributed by atoms with Gasteiger partial charge in [-0.3, -0.25) is 4.79 Å². The van der Waals surface area contributed by atoms with Crippen LogP contribution in [0.1, 0.15) is 36.5 Å². The third kappa shape index (κ3) is 4.21. The van der Waals surface area contributed by atoms with E-state index in [-0.39, 0.29) is 5.91 Å². The molecule has 1 aromatic carbocycles. The highest BCUT2D eigenvalue weighted by Gasteiger charge is 2.23. The van der Waals surface area contributed by atoms with Gasteiger partial charge in [0.25, 0.3) is 5.91 Å². The fraction of sp³-hybridized carbons (Fsp3) is 0.588. The van der Waals surface area contributed by atoms with Gasteiger partial charge in [0.2, 0.25) is 0 Å². The van der Waals surface area contributed by atoms with Crippen LogP contribution in [0.4, 0.5) is 5.69 Å². The van der Waals surface area contributed by atoms with Crippen LogP contribution in [0.5, 0.6) is 0 Å². The normalized spacial score (nSPS) is 21.9. The van der Waals surface area contributed by atoms with E-state index < -0.39 is 0 Å². The fourth-order valence-corrected chi connectivity index (χ4v) is 2.96. The minimum absolute atomic E-state index is 0.0162. The van der Waals surface area contributed by atoms with Gasteiger partial charge >= 0.3 is 0 Å². The van der Waals surface area contributed by atoms with E-state index >= 15 is 0 Å². The number of hydrogen-bond donors (Lipinski definition) is 2. The van der Waals surface area contributed by atoms with Gasteiger partial charge in [0.15, 0.2) is 0 Å². The van der Waals surface area contributed by atoms with Crippen LogP contribution in [0.2, 0.25) is 0 Å². The first-order valence-electron chi connectivity index (χ1n) is 7.90. The SMILES string of the molecule is CCC1CCCNC1CNC(=O)c1ccc(N(C)C)cc1. The second kappa shape index (κ2) is 7.46. The van der Waals surface area contributed by atoms with Crippen molar-refractivity contribution < 1.29 is 4.79 Å². The molecule has 0 radical (unpaired) electrons. The summed E-state index contributed by atoms with van der Waals surface area (Å²) in [6, 6.07) is 8.13. The van der Waals surface area contributed by atoms with Gasteiger partial charge in [-0.15, -0.1) is 0 Å². The molecule has 4 nitrogen and oxygen atoms in total. The quantitative estimate of drug-likeness (QED) is 0.874. The van der Waals surface area contributed by atoms with Gasteiger partial charge in [-0.2, -0.15) is 0 Å². The number of anilines is 1. The molecule has 21 heavy (non-hydrogen) atoms. The Morgan fingerprint density at radius 2 is 2.05 bits per heavy atom. The van der Waals surface area contributed by atoms with Gasteiger partial charge in [0.1, 0.15) is 0 Å². The molecule has 1 aliphatic rings. The Morgan fingerprint density at radius 3 is 2.67 bits per heavy atom. The monoisotopic (exact) mass is 289 g/mol. The number of benzene rings is 1. The highest BCUT2D eigenvalue weighted by Crippen LogP contribution is 2.19. The van der Waals surface area contributed by atoms with Crippen molar-refractivity contribution in [3.63, 3.8) is 0 Å². The summed E-state index contributed by atoms with van der Waals surface area (Å²) in [5, 5.41) is 6.60. The summed E-state index contributed by atoms with van der Waals surface area (Å²) in [6.07, 6.45) is 3.68. The Hall–Kier alpha value is -1.55. The van der Waals surface area contributed by atoms with Crippen LogP contribution in [0, 0.1) is 5.92 Å². The first-order valence-corrected chi connectivity index (χ1v) is 7.90. The zero-order chi connectivity index (χ0) is 15.2. The van der Waals surface area contributed by atoms with Gasteiger partial charge < -0.3 is 15.5 Å². The molecule has 1 amide bonds. The van der Waals surface area contributed by atoms with Crippen molar-refractivity contribution in [2.75, 3.05) is 32.1 Å². The van der Waals surface area contributed by atoms with E-state index in [2.05, 4.69) is 17.6 Å². The lowest BCUT2D eigenvalue weighted by Gasteiger charge is -2.32. The average molecular weight is 289 g/mol. The molecule has 2 atom stereocenters. The molecule has 4 heteroatoms. The second-order valence-electron chi connectivity index (χ2n) is 6.02. The summed E-state index contributed by atoms with van der Waals surface area (Å²) in [5.74, 6) is 0.692. The number of rotatable bonds is 5. The molecular formula is C17H27N3O. The summed E-state index contributed by atoms with van der Waals surface area (Å²) in [7, 11) is 3.99. The van der Waals surface area contributed by atoms with Crippen LogP contribution >= 0.6 is 0 Å². The van der Waals surface area contributed by atoms with E-state index in [0.717, 1.165) is 17.8 Å². The molecule has 0 saturated carbocycles. The summed E-state index contributed by atoms with van der Waals surface area (Å²) in [4.78, 5) is 14.2. The minimum atomic E-state index is 0.0162. The first-order chi connectivity index (χ1) is 10.1. The summed E-state index contributed by atoms with van der Waals surface area (Å²) >= 11 is 0. The van der Waals surface area contributed by atoms with Crippen molar-refractivity contribution in [3.8, 4) is 0 Å². The number of carbonyl (C=O) groups is 1. The van der Waals surface area contributed by atoms with Crippen LogP contribution in [0.25, 0.3) is 0 Å². The molecule has 0 spiro atoms. The molecular weight excluding hydrogens is 262 g/mol. The molecule has 0 aliphatic carbocycles. The molecule has 2 rings (SSSR count). The molecule has 0 aromatic heterocycles. The zero-order valence-corrected chi connectivity index (χ0v) is 13.4. The van der Waals surface area contributed by atoms with Gasteiger partial charge in [-0.25, -0.2) is 0 Å². The number of hydrogen-bond acceptors (Lipinski definition) is 3. The topological polar surface area (TPSA) is 44.4 Å². The van der Waals surface area contributed by atoms with Crippen LogP contribution in [0.15, 0.2) is 24.3 Å². The van der Waals surface area contributed by atoms with Crippen molar-refractivity contribution in [2.45, 2.75) is 32.2 Å². The fourth-order valence-electron chi connectivity index (χ4n) is 2.96. The van der Waals surface area contributed by atoms with Gasteiger partial charge in [0, 0.05) is 37.9 Å². The number of amides is 1. The predicted molar refractivity (Wildman–Crippen MR) is 87.9 cm³/mol. The van der Waals surface area contributed by atoms with Crippen LogP contribution in [-0.4, -0.2) is 39.1 Å². The van der Waals surface area contributed by atoms with Gasteiger partial charge in [-0.1, -0.05) is 13.3 Å². The lowest BCUT2D eigenvalue weighted by molar-refractivity contribution is 0.0942. The van der Waals surface area contributed by atoms with Gasteiger partial charge in [-0.05, 0) is 49.6 Å². The summed E-state index contributed by atoms with van der Waals surface area (Å²) < 4.78 is 0. The van der Waals surface area contributed by atoms with E-state index in [0.29, 0.717) is 18.5 Å². The van der Waals surface area contributed by atoms with Crippen LogP contribution in [0.3, 0.4) is 0 Å². The van der Waals surface area contributed by atoms with Crippen molar-refractivity contribution >= 4 is 11.6 Å². The third-order valence-corrected chi connectivity index (χ3v) is 4.38. The van der Waals surface area contributed by atoms with Crippen molar-refractivity contribution in [3.05, 3.63) is 29.8 Å². The van der Waals surface area contributed by atoms with E-state index in [1.807, 2.05) is 43.3 Å². The number of nitrogens with one attached hydrogen (secondary N) is 2. The van der Waals surface area contributed by atoms with Crippen molar-refractivity contribution in [2.24, 2.45) is 5.92 Å². The molecule has 2 N–H and O–H groups in total. The standard InChI is InChI=1S/C17H27N3O/c1-4-13-6-5-11-18-16(13)12-19-17(21)14-7-9-15(10-8-14)20(2)3/h7-10,13,16,18H,4-6,11-12H2,1-3H3,(H,19,21). The van der Waals surface area contributed by atoms with E-state index in [9.17, 15) is 4.79 Å². The Kier molecular flexibility index (Phi) is 5.62. The molecule has 1 heterocycles. The predicted octanol–water partition coefficient (Wildman–Crippen LogP) is 2.26. The number of carbonyl (C=O) groups excluding carboxylic acids is 1. The second-order valence-corrected chi connectivity index (χ2v) is 6.02. The largest absolute Gasteiger partial charge is 0.378 e. The van der Waals surface area contributed by atoms with E-state index in [4.69, 9.17) is 0 Å². The highest BCUT2D eigenvalue weighted by molar-refractivity contribution is 5.94. The average Bonchev–Trinajstić information content (AvgIpc) is 2.52. The van der Waals surface area contributed by atoms with Crippen LogP contribution in [-0.2, 0) is 0 Å². The maximum absolute atomic E-state index is 12.2. The molecule has 2 unspecified atom stereocenters. The van der Waals surface area contributed by atoms with E-state index in [1.165, 1.54) is 19.3 Å². The third-order valence-electron chi connectivity index (χ3n) is 4.38. The Morgan fingerprint density at radius 1 is 1.33 bits per heavy atom. The van der Waals surface area contributed by atoms with Crippen LogP contribution < -0.4 is 15.5 Å². The van der Waals surface area contributed by atoms with Crippen molar-refractivity contribution in [1.29, 1.82) is 0 Å². The molecule has 1 aliphatic heterocycles. The zero-order valence-electron chi connectivity index (χ0n) is 13.4. The molecule has 0 bridgehead atoms. The minimum Gasteiger partial charge on any atom is -0.378 e. The number of piperidine rings is 1. The van der Waals surface area contributed by atoms with Gasteiger partial charge in [0.05, 0.1) is 0 Å². The smallest absolute Gasteiger partial charge is 0.251 e. The Balaban J connectivity index is 1.89. The Labute approximate surface area is 127 Å². The summed E-state index contributed by atoms with van der Waals surface area (Å²) in [5.41, 5.74) is 1.83.